The summed E-state index contributed by atoms with van der Waals surface area (Å²) in [5.74, 6) is 0.450. The molecule has 5 heteroatoms. The van der Waals surface area contributed by atoms with E-state index in [0.717, 1.165) is 12.1 Å². The minimum Gasteiger partial charge on any atom is -0.342 e. The lowest BCUT2D eigenvalue weighted by atomic mass is 10.0. The Labute approximate surface area is 131 Å². The number of imidazole rings is 1. The lowest BCUT2D eigenvalue weighted by Gasteiger charge is -2.21. The molecule has 2 aromatic rings. The molecule has 1 aromatic carbocycles. The predicted molar refractivity (Wildman–Crippen MR) is 88.0 cm³/mol. The number of carbonyl (C=O) groups excluding carboxylic acids is 1. The molecule has 0 bridgehead atoms. The highest BCUT2D eigenvalue weighted by Gasteiger charge is 2.14. The Bertz CT molecular complexity index is 590. The first-order chi connectivity index (χ1) is 10.5. The maximum absolute atomic E-state index is 12.4. The molecule has 1 aromatic heterocycles. The molecule has 1 unspecified atom stereocenters. The Hall–Kier alpha value is -2.14. The van der Waals surface area contributed by atoms with Crippen molar-refractivity contribution < 1.29 is 4.79 Å². The molecule has 0 radical (unpaired) electrons. The number of nitrogens with two attached hydrogens (primary N) is 1. The number of hydrogen-bond acceptors (Lipinski definition) is 3. The zero-order valence-electron chi connectivity index (χ0n) is 13.4. The summed E-state index contributed by atoms with van der Waals surface area (Å²) in [4.78, 5) is 18.1. The van der Waals surface area contributed by atoms with E-state index < -0.39 is 0 Å². The van der Waals surface area contributed by atoms with Crippen LogP contribution in [0.3, 0.4) is 0 Å². The molecule has 1 heterocycles. The van der Waals surface area contributed by atoms with Crippen LogP contribution in [0.25, 0.3) is 5.69 Å². The van der Waals surface area contributed by atoms with Gasteiger partial charge in [0.2, 0.25) is 0 Å². The molecule has 22 heavy (non-hydrogen) atoms. The Morgan fingerprint density at radius 3 is 2.55 bits per heavy atom. The van der Waals surface area contributed by atoms with E-state index in [1.54, 1.807) is 17.4 Å². The Kier molecular flexibility index (Phi) is 5.33. The molecule has 0 aliphatic carbocycles. The number of carbonyl (C=O) groups is 1. The van der Waals surface area contributed by atoms with Gasteiger partial charge in [0.15, 0.2) is 0 Å². The Morgan fingerprint density at radius 1 is 1.32 bits per heavy atom. The van der Waals surface area contributed by atoms with Crippen molar-refractivity contribution in [3.63, 3.8) is 0 Å². The number of amides is 1. The summed E-state index contributed by atoms with van der Waals surface area (Å²) in [6.45, 7) is 4.87. The first-order valence-electron chi connectivity index (χ1n) is 7.58. The summed E-state index contributed by atoms with van der Waals surface area (Å²) in [6, 6.07) is 7.65. The molecule has 118 valence electrons. The quantitative estimate of drug-likeness (QED) is 0.890. The first-order valence-corrected chi connectivity index (χ1v) is 7.58. The fourth-order valence-electron chi connectivity index (χ4n) is 2.19. The van der Waals surface area contributed by atoms with Gasteiger partial charge in [-0.1, -0.05) is 13.8 Å². The van der Waals surface area contributed by atoms with Gasteiger partial charge in [0.1, 0.15) is 0 Å². The van der Waals surface area contributed by atoms with Gasteiger partial charge in [-0.2, -0.15) is 0 Å². The van der Waals surface area contributed by atoms with Crippen LogP contribution in [0.2, 0.25) is 0 Å². The van der Waals surface area contributed by atoms with Crippen LogP contribution in [-0.2, 0) is 0 Å². The van der Waals surface area contributed by atoms with E-state index >= 15 is 0 Å². The highest BCUT2D eigenvalue weighted by atomic mass is 16.2. The number of hydrogen-bond donors (Lipinski definition) is 1. The highest BCUT2D eigenvalue weighted by Crippen LogP contribution is 2.12. The largest absolute Gasteiger partial charge is 0.342 e. The molecule has 2 N–H and O–H groups in total. The van der Waals surface area contributed by atoms with Crippen LogP contribution in [0, 0.1) is 5.92 Å². The van der Waals surface area contributed by atoms with Gasteiger partial charge in [-0.25, -0.2) is 4.98 Å². The van der Waals surface area contributed by atoms with Crippen molar-refractivity contribution in [3.05, 3.63) is 48.5 Å². The average Bonchev–Trinajstić information content (AvgIpc) is 3.06. The second-order valence-electron chi connectivity index (χ2n) is 5.94. The third-order valence-electron chi connectivity index (χ3n) is 3.92. The van der Waals surface area contributed by atoms with Crippen molar-refractivity contribution in [2.75, 3.05) is 13.6 Å². The van der Waals surface area contributed by atoms with Crippen molar-refractivity contribution in [1.29, 1.82) is 0 Å². The van der Waals surface area contributed by atoms with E-state index in [1.807, 2.05) is 42.1 Å². The van der Waals surface area contributed by atoms with Crippen molar-refractivity contribution >= 4 is 5.91 Å². The van der Waals surface area contributed by atoms with Crippen LogP contribution in [0.1, 0.15) is 30.6 Å². The lowest BCUT2D eigenvalue weighted by molar-refractivity contribution is 0.0789. The molecule has 1 atom stereocenters. The smallest absolute Gasteiger partial charge is 0.253 e. The van der Waals surface area contributed by atoms with Crippen molar-refractivity contribution in [2.45, 2.75) is 26.3 Å². The summed E-state index contributed by atoms with van der Waals surface area (Å²) < 4.78 is 1.90. The fourth-order valence-corrected chi connectivity index (χ4v) is 2.19. The molecule has 0 aliphatic rings. The number of benzene rings is 1. The predicted octanol–water partition coefficient (Wildman–Crippen LogP) is 2.32. The van der Waals surface area contributed by atoms with Gasteiger partial charge in [0, 0.05) is 43.3 Å². The summed E-state index contributed by atoms with van der Waals surface area (Å²) >= 11 is 0. The van der Waals surface area contributed by atoms with E-state index in [1.165, 1.54) is 0 Å². The molecule has 0 fully saturated rings. The van der Waals surface area contributed by atoms with Crippen LogP contribution in [0.5, 0.6) is 0 Å². The molecule has 0 spiro atoms. The summed E-state index contributed by atoms with van der Waals surface area (Å²) in [5, 5.41) is 0. The summed E-state index contributed by atoms with van der Waals surface area (Å²) in [6.07, 6.45) is 6.14. The third-order valence-corrected chi connectivity index (χ3v) is 3.92. The Morgan fingerprint density at radius 2 is 2.00 bits per heavy atom. The van der Waals surface area contributed by atoms with E-state index in [0.29, 0.717) is 18.0 Å². The summed E-state index contributed by atoms with van der Waals surface area (Å²) in [5.41, 5.74) is 7.70. The van der Waals surface area contributed by atoms with E-state index in [4.69, 9.17) is 5.73 Å². The minimum atomic E-state index is 0.0214. The highest BCUT2D eigenvalue weighted by molar-refractivity contribution is 5.94. The molecule has 0 saturated carbocycles. The van der Waals surface area contributed by atoms with Crippen molar-refractivity contribution in [2.24, 2.45) is 11.7 Å². The maximum Gasteiger partial charge on any atom is 0.253 e. The van der Waals surface area contributed by atoms with Crippen LogP contribution in [0.15, 0.2) is 43.0 Å². The van der Waals surface area contributed by atoms with Crippen molar-refractivity contribution in [3.8, 4) is 5.69 Å². The second kappa shape index (κ2) is 7.22. The maximum atomic E-state index is 12.4. The second-order valence-corrected chi connectivity index (χ2v) is 5.94. The zero-order chi connectivity index (χ0) is 16.1. The van der Waals surface area contributed by atoms with Gasteiger partial charge in [-0.05, 0) is 36.6 Å². The van der Waals surface area contributed by atoms with Gasteiger partial charge in [-0.3, -0.25) is 4.79 Å². The molecule has 5 nitrogen and oxygen atoms in total. The normalized spacial score (nSPS) is 12.4. The van der Waals surface area contributed by atoms with Crippen LogP contribution in [-0.4, -0.2) is 40.0 Å². The molecule has 1 amide bonds. The number of aromatic nitrogens is 2. The lowest BCUT2D eigenvalue weighted by Crippen LogP contribution is -2.34. The molecular weight excluding hydrogens is 276 g/mol. The van der Waals surface area contributed by atoms with Crippen LogP contribution in [0.4, 0.5) is 0 Å². The standard InChI is InChI=1S/C17H24N4O/c1-13(2)16(18)8-10-20(3)17(22)14-4-6-15(7-5-14)21-11-9-19-12-21/h4-7,9,11-13,16H,8,10,18H2,1-3H3. The molecular formula is C17H24N4O. The zero-order valence-corrected chi connectivity index (χ0v) is 13.4. The van der Waals surface area contributed by atoms with E-state index in [-0.39, 0.29) is 11.9 Å². The Balaban J connectivity index is 1.97. The van der Waals surface area contributed by atoms with Gasteiger partial charge >= 0.3 is 0 Å². The van der Waals surface area contributed by atoms with Crippen LogP contribution < -0.4 is 5.73 Å². The minimum absolute atomic E-state index is 0.0214. The van der Waals surface area contributed by atoms with Crippen LogP contribution >= 0.6 is 0 Å². The number of rotatable bonds is 6. The summed E-state index contributed by atoms with van der Waals surface area (Å²) in [7, 11) is 1.82. The van der Waals surface area contributed by atoms with Crippen molar-refractivity contribution in [1.82, 2.24) is 14.5 Å². The average molecular weight is 300 g/mol. The van der Waals surface area contributed by atoms with E-state index in [9.17, 15) is 4.79 Å². The number of nitrogens with zero attached hydrogens (tertiary/aromatic N) is 3. The molecule has 0 saturated heterocycles. The fraction of sp³-hybridized carbons (Fsp3) is 0.412. The SMILES string of the molecule is CC(C)C(N)CCN(C)C(=O)c1ccc(-n2ccnc2)cc1. The molecule has 2 rings (SSSR count). The molecule has 0 aliphatic heterocycles. The van der Waals surface area contributed by atoms with Gasteiger partial charge in [-0.15, -0.1) is 0 Å². The monoisotopic (exact) mass is 300 g/mol. The van der Waals surface area contributed by atoms with Gasteiger partial charge in [0.25, 0.3) is 5.91 Å². The van der Waals surface area contributed by atoms with Gasteiger partial charge < -0.3 is 15.2 Å². The topological polar surface area (TPSA) is 64.2 Å². The van der Waals surface area contributed by atoms with Gasteiger partial charge in [0.05, 0.1) is 6.33 Å². The third kappa shape index (κ3) is 3.95. The first kappa shape index (κ1) is 16.2. The van der Waals surface area contributed by atoms with E-state index in [2.05, 4.69) is 18.8 Å².